The molecule has 0 saturated carbocycles. The Morgan fingerprint density at radius 1 is 1.38 bits per heavy atom. The maximum absolute atomic E-state index is 11.0. The Balaban J connectivity index is 2.59. The van der Waals surface area contributed by atoms with Crippen LogP contribution < -0.4 is 4.74 Å². The number of benzene rings is 1. The zero-order chi connectivity index (χ0) is 11.7. The summed E-state index contributed by atoms with van der Waals surface area (Å²) in [6.07, 6.45) is 1.48. The highest BCUT2D eigenvalue weighted by Crippen LogP contribution is 2.30. The number of aromatic carboxylic acids is 1. The molecule has 2 rings (SSSR count). The van der Waals surface area contributed by atoms with Crippen molar-refractivity contribution in [3.05, 3.63) is 30.0 Å². The van der Waals surface area contributed by atoms with Crippen LogP contribution >= 0.6 is 0 Å². The third kappa shape index (κ3) is 1.74. The Kier molecular flexibility index (Phi) is 2.56. The van der Waals surface area contributed by atoms with Crippen molar-refractivity contribution in [1.29, 1.82) is 0 Å². The second-order valence-corrected chi connectivity index (χ2v) is 3.75. The van der Waals surface area contributed by atoms with E-state index in [1.807, 2.05) is 13.8 Å². The van der Waals surface area contributed by atoms with Gasteiger partial charge in [0.25, 0.3) is 0 Å². The summed E-state index contributed by atoms with van der Waals surface area (Å²) in [5, 5.41) is 9.55. The standard InChI is InChI=1S/C12H12O4/c1-7(2)16-10-4-3-9(12(13)14)8-5-6-15-11(8)10/h3-7H,1-2H3,(H,13,14). The van der Waals surface area contributed by atoms with Gasteiger partial charge in [-0.1, -0.05) is 0 Å². The highest BCUT2D eigenvalue weighted by molar-refractivity contribution is 6.03. The van der Waals surface area contributed by atoms with E-state index in [0.717, 1.165) is 0 Å². The van der Waals surface area contributed by atoms with Crippen LogP contribution in [0.1, 0.15) is 24.2 Å². The van der Waals surface area contributed by atoms with Gasteiger partial charge < -0.3 is 14.3 Å². The summed E-state index contributed by atoms with van der Waals surface area (Å²) in [5.74, 6) is -0.400. The van der Waals surface area contributed by atoms with Crippen LogP contribution in [0.4, 0.5) is 0 Å². The number of ether oxygens (including phenoxy) is 1. The number of carboxylic acid groups (broad SMARTS) is 1. The molecule has 0 amide bonds. The van der Waals surface area contributed by atoms with Crippen LogP contribution in [0.25, 0.3) is 11.0 Å². The first-order valence-corrected chi connectivity index (χ1v) is 4.99. The molecule has 1 heterocycles. The molecule has 0 aliphatic carbocycles. The number of rotatable bonds is 3. The Hall–Kier alpha value is -1.97. The molecule has 0 saturated heterocycles. The molecule has 84 valence electrons. The van der Waals surface area contributed by atoms with Gasteiger partial charge in [-0.3, -0.25) is 0 Å². The van der Waals surface area contributed by atoms with E-state index >= 15 is 0 Å². The predicted octanol–water partition coefficient (Wildman–Crippen LogP) is 2.92. The Labute approximate surface area is 92.4 Å². The van der Waals surface area contributed by atoms with Gasteiger partial charge in [0.15, 0.2) is 11.3 Å². The summed E-state index contributed by atoms with van der Waals surface area (Å²) in [6, 6.07) is 4.78. The average molecular weight is 220 g/mol. The molecule has 0 atom stereocenters. The fourth-order valence-corrected chi connectivity index (χ4v) is 1.57. The molecule has 0 spiro atoms. The molecular weight excluding hydrogens is 208 g/mol. The van der Waals surface area contributed by atoms with Crippen LogP contribution in [-0.4, -0.2) is 17.2 Å². The number of hydrogen-bond donors (Lipinski definition) is 1. The number of furan rings is 1. The van der Waals surface area contributed by atoms with Gasteiger partial charge in [-0.2, -0.15) is 0 Å². The van der Waals surface area contributed by atoms with Crippen LogP contribution in [0.3, 0.4) is 0 Å². The fraction of sp³-hybridized carbons (Fsp3) is 0.250. The minimum Gasteiger partial charge on any atom is -0.487 e. The van der Waals surface area contributed by atoms with Crippen LogP contribution in [-0.2, 0) is 0 Å². The lowest BCUT2D eigenvalue weighted by Gasteiger charge is -2.10. The smallest absolute Gasteiger partial charge is 0.336 e. The SMILES string of the molecule is CC(C)Oc1ccc(C(=O)O)c2ccoc12. The average Bonchev–Trinajstić information content (AvgIpc) is 2.65. The number of carbonyl (C=O) groups is 1. The zero-order valence-corrected chi connectivity index (χ0v) is 9.06. The number of fused-ring (bicyclic) bond motifs is 1. The molecule has 0 radical (unpaired) electrons. The third-order valence-electron chi connectivity index (χ3n) is 2.17. The van der Waals surface area contributed by atoms with Crippen LogP contribution in [0.15, 0.2) is 28.9 Å². The van der Waals surface area contributed by atoms with Gasteiger partial charge in [0.2, 0.25) is 0 Å². The minimum absolute atomic E-state index is 0.0176. The lowest BCUT2D eigenvalue weighted by atomic mass is 10.1. The topological polar surface area (TPSA) is 59.7 Å². The first kappa shape index (κ1) is 10.5. The van der Waals surface area contributed by atoms with Gasteiger partial charge in [0.05, 0.1) is 17.9 Å². The first-order valence-electron chi connectivity index (χ1n) is 4.99. The Morgan fingerprint density at radius 2 is 2.12 bits per heavy atom. The maximum atomic E-state index is 11.0. The zero-order valence-electron chi connectivity index (χ0n) is 9.06. The molecule has 0 unspecified atom stereocenters. The van der Waals surface area contributed by atoms with Crippen molar-refractivity contribution in [3.63, 3.8) is 0 Å². The van der Waals surface area contributed by atoms with Gasteiger partial charge in [0.1, 0.15) is 0 Å². The van der Waals surface area contributed by atoms with E-state index in [0.29, 0.717) is 16.7 Å². The third-order valence-corrected chi connectivity index (χ3v) is 2.17. The summed E-state index contributed by atoms with van der Waals surface area (Å²) in [6.45, 7) is 3.81. The first-order chi connectivity index (χ1) is 7.59. The van der Waals surface area contributed by atoms with Crippen LogP contribution in [0.2, 0.25) is 0 Å². The van der Waals surface area contributed by atoms with Crippen molar-refractivity contribution in [3.8, 4) is 5.75 Å². The molecular formula is C12H12O4. The second-order valence-electron chi connectivity index (χ2n) is 3.75. The minimum atomic E-state index is -0.970. The number of carboxylic acids is 1. The Morgan fingerprint density at radius 3 is 2.75 bits per heavy atom. The fourth-order valence-electron chi connectivity index (χ4n) is 1.57. The van der Waals surface area contributed by atoms with E-state index in [-0.39, 0.29) is 11.7 Å². The van der Waals surface area contributed by atoms with Crippen molar-refractivity contribution in [2.75, 3.05) is 0 Å². The quantitative estimate of drug-likeness (QED) is 0.863. The van der Waals surface area contributed by atoms with Crippen LogP contribution in [0, 0.1) is 0 Å². The molecule has 0 bridgehead atoms. The van der Waals surface area contributed by atoms with Crippen molar-refractivity contribution in [2.45, 2.75) is 20.0 Å². The second kappa shape index (κ2) is 3.89. The van der Waals surface area contributed by atoms with Crippen molar-refractivity contribution >= 4 is 16.9 Å². The molecule has 4 heteroatoms. The summed E-state index contributed by atoms with van der Waals surface area (Å²) >= 11 is 0. The highest BCUT2D eigenvalue weighted by atomic mass is 16.5. The van der Waals surface area contributed by atoms with Gasteiger partial charge in [-0.25, -0.2) is 4.79 Å². The summed E-state index contributed by atoms with van der Waals surface area (Å²) in [7, 11) is 0. The van der Waals surface area contributed by atoms with Crippen LogP contribution in [0.5, 0.6) is 5.75 Å². The molecule has 0 aliphatic heterocycles. The summed E-state index contributed by atoms with van der Waals surface area (Å²) < 4.78 is 10.8. The molecule has 1 aromatic carbocycles. The normalized spacial score (nSPS) is 10.9. The molecule has 0 fully saturated rings. The molecule has 1 aromatic heterocycles. The van der Waals surface area contributed by atoms with Crippen molar-refractivity contribution in [1.82, 2.24) is 0 Å². The van der Waals surface area contributed by atoms with Gasteiger partial charge in [-0.05, 0) is 32.0 Å². The van der Waals surface area contributed by atoms with E-state index in [9.17, 15) is 4.79 Å². The molecule has 16 heavy (non-hydrogen) atoms. The molecule has 2 aromatic rings. The van der Waals surface area contributed by atoms with E-state index in [2.05, 4.69) is 0 Å². The number of hydrogen-bond acceptors (Lipinski definition) is 3. The van der Waals surface area contributed by atoms with E-state index in [1.54, 1.807) is 12.1 Å². The maximum Gasteiger partial charge on any atom is 0.336 e. The van der Waals surface area contributed by atoms with E-state index in [4.69, 9.17) is 14.3 Å². The predicted molar refractivity (Wildman–Crippen MR) is 58.9 cm³/mol. The largest absolute Gasteiger partial charge is 0.487 e. The van der Waals surface area contributed by atoms with Gasteiger partial charge in [-0.15, -0.1) is 0 Å². The lowest BCUT2D eigenvalue weighted by Crippen LogP contribution is -2.06. The van der Waals surface area contributed by atoms with Gasteiger partial charge in [0, 0.05) is 5.39 Å². The lowest BCUT2D eigenvalue weighted by molar-refractivity contribution is 0.0699. The molecule has 0 aliphatic rings. The van der Waals surface area contributed by atoms with E-state index < -0.39 is 5.97 Å². The molecule has 1 N–H and O–H groups in total. The van der Waals surface area contributed by atoms with E-state index in [1.165, 1.54) is 12.3 Å². The van der Waals surface area contributed by atoms with Crippen molar-refractivity contribution in [2.24, 2.45) is 0 Å². The van der Waals surface area contributed by atoms with Crippen molar-refractivity contribution < 1.29 is 19.1 Å². The highest BCUT2D eigenvalue weighted by Gasteiger charge is 2.14. The van der Waals surface area contributed by atoms with Gasteiger partial charge >= 0.3 is 5.97 Å². The Bertz CT molecular complexity index is 525. The monoisotopic (exact) mass is 220 g/mol. The molecule has 4 nitrogen and oxygen atoms in total. The summed E-state index contributed by atoms with van der Waals surface area (Å²) in [4.78, 5) is 11.0. The summed E-state index contributed by atoms with van der Waals surface area (Å²) in [5.41, 5.74) is 0.702.